The fourth-order valence-electron chi connectivity index (χ4n) is 5.46. The molecule has 1 aromatic heterocycles. The Morgan fingerprint density at radius 3 is 2.38 bits per heavy atom. The van der Waals surface area contributed by atoms with Crippen LogP contribution in [-0.2, 0) is 9.53 Å². The maximum absolute atomic E-state index is 12.3. The minimum Gasteiger partial charge on any atom is -0.381 e. The summed E-state index contributed by atoms with van der Waals surface area (Å²) in [5, 5.41) is 2.46. The van der Waals surface area contributed by atoms with Gasteiger partial charge in [-0.05, 0) is 78.0 Å². The van der Waals surface area contributed by atoms with Gasteiger partial charge >= 0.3 is 0 Å². The first kappa shape index (κ1) is 28.8. The van der Waals surface area contributed by atoms with E-state index in [0.29, 0.717) is 18.4 Å². The van der Waals surface area contributed by atoms with E-state index in [9.17, 15) is 4.79 Å². The van der Waals surface area contributed by atoms with Crippen LogP contribution in [0.3, 0.4) is 0 Å². The highest BCUT2D eigenvalue weighted by molar-refractivity contribution is 5.98. The summed E-state index contributed by atoms with van der Waals surface area (Å²) >= 11 is 0. The van der Waals surface area contributed by atoms with Gasteiger partial charge in [0.15, 0.2) is 0 Å². The number of pyridine rings is 1. The third-order valence-electron chi connectivity index (χ3n) is 7.68. The van der Waals surface area contributed by atoms with Crippen molar-refractivity contribution in [2.45, 2.75) is 79.1 Å². The summed E-state index contributed by atoms with van der Waals surface area (Å²) < 4.78 is 5.55. The molecule has 0 N–H and O–H groups in total. The van der Waals surface area contributed by atoms with Crippen molar-refractivity contribution in [3.8, 4) is 0 Å². The zero-order valence-corrected chi connectivity index (χ0v) is 23.7. The smallest absolute Gasteiger partial charge is 0.219 e. The molecule has 4 heteroatoms. The van der Waals surface area contributed by atoms with E-state index in [4.69, 9.17) is 4.74 Å². The number of nitrogens with zero attached hydrogens (tertiary/aromatic N) is 2. The van der Waals surface area contributed by atoms with Crippen molar-refractivity contribution in [1.29, 1.82) is 0 Å². The molecule has 0 atom stereocenters. The number of fused-ring (bicyclic) bond motifs is 1. The molecule has 1 saturated heterocycles. The molecule has 0 spiro atoms. The maximum Gasteiger partial charge on any atom is 0.219 e. The summed E-state index contributed by atoms with van der Waals surface area (Å²) in [7, 11) is 0. The number of benzene rings is 1. The Hall–Kier alpha value is -2.72. The topological polar surface area (TPSA) is 42.4 Å². The summed E-state index contributed by atoms with van der Waals surface area (Å²) in [5.74, 6) is 1.29. The van der Waals surface area contributed by atoms with Crippen molar-refractivity contribution in [2.24, 2.45) is 5.92 Å². The number of aromatic nitrogens is 1. The number of rotatable bonds is 6. The molecule has 0 unspecified atom stereocenters. The minimum absolute atomic E-state index is 0.123. The van der Waals surface area contributed by atoms with Gasteiger partial charge in [-0.25, -0.2) is 0 Å². The lowest BCUT2D eigenvalue weighted by molar-refractivity contribution is -0.128. The molecule has 2 aromatic rings. The molecule has 1 saturated carbocycles. The lowest BCUT2D eigenvalue weighted by atomic mass is 9.82. The first-order valence-electron chi connectivity index (χ1n) is 14.3. The van der Waals surface area contributed by atoms with E-state index >= 15 is 0 Å². The fourth-order valence-corrected chi connectivity index (χ4v) is 5.46. The Morgan fingerprint density at radius 1 is 1.03 bits per heavy atom. The first-order valence-corrected chi connectivity index (χ1v) is 14.3. The summed E-state index contributed by atoms with van der Waals surface area (Å²) in [4.78, 5) is 18.8. The average molecular weight is 503 g/mol. The zero-order chi connectivity index (χ0) is 26.9. The molecule has 5 rings (SSSR count). The first-order chi connectivity index (χ1) is 18.0. The molecule has 0 bridgehead atoms. The van der Waals surface area contributed by atoms with Gasteiger partial charge in [-0.15, -0.1) is 0 Å². The van der Waals surface area contributed by atoms with Crippen molar-refractivity contribution < 1.29 is 9.53 Å². The highest BCUT2D eigenvalue weighted by atomic mass is 16.5. The Labute approximate surface area is 224 Å². The van der Waals surface area contributed by atoms with Crippen LogP contribution in [0.1, 0.15) is 90.2 Å². The van der Waals surface area contributed by atoms with E-state index in [1.54, 1.807) is 6.92 Å². The van der Waals surface area contributed by atoms with Crippen LogP contribution in [-0.4, -0.2) is 42.1 Å². The second-order valence-electron chi connectivity index (χ2n) is 9.88. The third-order valence-corrected chi connectivity index (χ3v) is 7.68. The van der Waals surface area contributed by atoms with Gasteiger partial charge in [0.2, 0.25) is 5.91 Å². The Kier molecular flexibility index (Phi) is 10.7. The van der Waals surface area contributed by atoms with Gasteiger partial charge in [0.1, 0.15) is 0 Å². The van der Waals surface area contributed by atoms with Gasteiger partial charge in [0, 0.05) is 51.0 Å². The maximum atomic E-state index is 12.3. The molecule has 1 aliphatic carbocycles. The standard InChI is InChI=1S/C29H34N2O2.2C2H6/c1-19(22-10-13-33-14-11-22)15-24-9-12-31(21(3)32)18-29(24)20(2)25-5-4-6-26-27(23-7-8-23)16-30-17-28(25)26;2*1-2/h4-6,16-17,22-23H,1-2,7-15,18H2,3H3;2*1-2H3. The van der Waals surface area contributed by atoms with Gasteiger partial charge in [-0.3, -0.25) is 9.78 Å². The normalized spacial score (nSPS) is 17.9. The van der Waals surface area contributed by atoms with Crippen molar-refractivity contribution in [3.05, 3.63) is 71.6 Å². The largest absolute Gasteiger partial charge is 0.381 e. The third kappa shape index (κ3) is 6.78. The van der Waals surface area contributed by atoms with E-state index in [0.717, 1.165) is 56.6 Å². The highest BCUT2D eigenvalue weighted by Gasteiger charge is 2.28. The van der Waals surface area contributed by atoms with Crippen LogP contribution in [0.2, 0.25) is 0 Å². The average Bonchev–Trinajstić information content (AvgIpc) is 3.80. The molecule has 3 aliphatic rings. The molecular weight excluding hydrogens is 456 g/mol. The number of carbonyl (C=O) groups excluding carboxylic acids is 1. The monoisotopic (exact) mass is 502 g/mol. The minimum atomic E-state index is 0.123. The van der Waals surface area contributed by atoms with E-state index in [1.807, 2.05) is 45.0 Å². The van der Waals surface area contributed by atoms with Crippen LogP contribution in [0, 0.1) is 5.92 Å². The van der Waals surface area contributed by atoms with Crippen molar-refractivity contribution in [3.63, 3.8) is 0 Å². The molecule has 2 fully saturated rings. The van der Waals surface area contributed by atoms with Gasteiger partial charge in [-0.2, -0.15) is 0 Å². The van der Waals surface area contributed by atoms with Crippen LogP contribution in [0.25, 0.3) is 16.3 Å². The second-order valence-corrected chi connectivity index (χ2v) is 9.88. The van der Waals surface area contributed by atoms with Gasteiger partial charge < -0.3 is 9.64 Å². The Morgan fingerprint density at radius 2 is 1.73 bits per heavy atom. The quantitative estimate of drug-likeness (QED) is 0.375. The lowest BCUT2D eigenvalue weighted by Crippen LogP contribution is -2.36. The van der Waals surface area contributed by atoms with Crippen molar-refractivity contribution >= 4 is 22.3 Å². The SMILES string of the molecule is C=C(C1=C(CC(=C)C2CCOCC2)CCN(C(C)=O)C1)c1cccc2c(C3CC3)cncc12.CC.CC. The number of hydrogen-bond donors (Lipinski definition) is 0. The molecule has 1 aromatic carbocycles. The Bertz CT molecular complexity index is 1140. The van der Waals surface area contributed by atoms with Gasteiger partial charge in [0.05, 0.1) is 0 Å². The predicted molar refractivity (Wildman–Crippen MR) is 157 cm³/mol. The van der Waals surface area contributed by atoms with E-state index in [-0.39, 0.29) is 5.91 Å². The number of allylic oxidation sites excluding steroid dienone is 1. The molecule has 3 heterocycles. The van der Waals surface area contributed by atoms with Crippen LogP contribution in [0.4, 0.5) is 0 Å². The lowest BCUT2D eigenvalue weighted by Gasteiger charge is -2.33. The summed E-state index contributed by atoms with van der Waals surface area (Å²) in [6.45, 7) is 21.8. The number of amides is 1. The molecule has 37 heavy (non-hydrogen) atoms. The van der Waals surface area contributed by atoms with Crippen LogP contribution >= 0.6 is 0 Å². The molecule has 0 radical (unpaired) electrons. The number of carbonyl (C=O) groups is 1. The second kappa shape index (κ2) is 13.7. The number of hydrogen-bond acceptors (Lipinski definition) is 3. The molecule has 2 aliphatic heterocycles. The van der Waals surface area contributed by atoms with Crippen molar-refractivity contribution in [1.82, 2.24) is 9.88 Å². The highest BCUT2D eigenvalue weighted by Crippen LogP contribution is 2.44. The number of ether oxygens (including phenoxy) is 1. The molecule has 4 nitrogen and oxygen atoms in total. The zero-order valence-electron chi connectivity index (χ0n) is 23.7. The van der Waals surface area contributed by atoms with Crippen LogP contribution in [0.15, 0.2) is 60.5 Å². The van der Waals surface area contributed by atoms with E-state index < -0.39 is 0 Å². The van der Waals surface area contributed by atoms with Gasteiger partial charge in [-0.1, -0.05) is 70.2 Å². The van der Waals surface area contributed by atoms with Crippen LogP contribution < -0.4 is 0 Å². The predicted octanol–water partition coefficient (Wildman–Crippen LogP) is 8.10. The van der Waals surface area contributed by atoms with E-state index in [1.165, 1.54) is 45.9 Å². The van der Waals surface area contributed by atoms with Crippen molar-refractivity contribution in [2.75, 3.05) is 26.3 Å². The van der Waals surface area contributed by atoms with Crippen LogP contribution in [0.5, 0.6) is 0 Å². The fraction of sp³-hybridized carbons (Fsp3) is 0.515. The molecule has 200 valence electrons. The Balaban J connectivity index is 0.000000907. The van der Waals surface area contributed by atoms with E-state index in [2.05, 4.69) is 36.3 Å². The summed E-state index contributed by atoms with van der Waals surface area (Å²) in [5.41, 5.74) is 7.41. The van der Waals surface area contributed by atoms with Gasteiger partial charge in [0.25, 0.3) is 0 Å². The summed E-state index contributed by atoms with van der Waals surface area (Å²) in [6.07, 6.45) is 10.4. The molecule has 1 amide bonds. The summed E-state index contributed by atoms with van der Waals surface area (Å²) in [6, 6.07) is 6.52. The molecular formula is C33H46N2O2.